The second-order valence-electron chi connectivity index (χ2n) is 6.07. The third-order valence-electron chi connectivity index (χ3n) is 4.33. The highest BCUT2D eigenvalue weighted by atomic mass is 32.1. The SMILES string of the molecule is CCN(Cc1ccccc1)CN1C(=O)C(=O)N(CCc2cccs2)C1=O. The molecule has 3 rings (SSSR count). The number of thiophene rings is 1. The molecule has 7 heteroatoms. The van der Waals surface area contributed by atoms with Crippen LogP contribution in [-0.4, -0.2) is 52.3 Å². The Morgan fingerprint density at radius 2 is 1.69 bits per heavy atom. The summed E-state index contributed by atoms with van der Waals surface area (Å²) >= 11 is 1.57. The summed E-state index contributed by atoms with van der Waals surface area (Å²) < 4.78 is 0. The first-order chi connectivity index (χ1) is 12.6. The Balaban J connectivity index is 1.64. The van der Waals surface area contributed by atoms with Gasteiger partial charge in [-0.2, -0.15) is 0 Å². The first-order valence-corrected chi connectivity index (χ1v) is 9.44. The Hall–Kier alpha value is -2.51. The molecule has 1 aliphatic heterocycles. The molecule has 0 atom stereocenters. The summed E-state index contributed by atoms with van der Waals surface area (Å²) in [6, 6.07) is 13.2. The lowest BCUT2D eigenvalue weighted by Crippen LogP contribution is -2.42. The Bertz CT molecular complexity index is 777. The number of amides is 4. The normalized spacial score (nSPS) is 14.8. The molecule has 2 aromatic rings. The maximum absolute atomic E-state index is 12.6. The molecule has 0 aliphatic carbocycles. The highest BCUT2D eigenvalue weighted by Gasteiger charge is 2.44. The molecule has 1 aliphatic rings. The Morgan fingerprint density at radius 3 is 2.35 bits per heavy atom. The van der Waals surface area contributed by atoms with E-state index in [-0.39, 0.29) is 13.2 Å². The van der Waals surface area contributed by atoms with Gasteiger partial charge in [0.05, 0.1) is 6.67 Å². The summed E-state index contributed by atoms with van der Waals surface area (Å²) in [6.45, 7) is 3.58. The van der Waals surface area contributed by atoms with Crippen molar-refractivity contribution in [3.8, 4) is 0 Å². The van der Waals surface area contributed by atoms with Crippen LogP contribution in [0.25, 0.3) is 0 Å². The molecule has 1 fully saturated rings. The van der Waals surface area contributed by atoms with Gasteiger partial charge in [-0.1, -0.05) is 43.3 Å². The smallest absolute Gasteiger partial charge is 0.281 e. The number of hydrogen-bond acceptors (Lipinski definition) is 5. The largest absolute Gasteiger partial charge is 0.335 e. The van der Waals surface area contributed by atoms with Crippen molar-refractivity contribution in [2.24, 2.45) is 0 Å². The van der Waals surface area contributed by atoms with Crippen molar-refractivity contribution in [3.63, 3.8) is 0 Å². The number of carbonyl (C=O) groups excluding carboxylic acids is 3. The van der Waals surface area contributed by atoms with Gasteiger partial charge in [0.2, 0.25) is 0 Å². The van der Waals surface area contributed by atoms with Crippen LogP contribution in [-0.2, 0) is 22.6 Å². The lowest BCUT2D eigenvalue weighted by molar-refractivity contribution is -0.144. The molecule has 1 saturated heterocycles. The third-order valence-corrected chi connectivity index (χ3v) is 5.27. The number of carbonyl (C=O) groups is 3. The predicted octanol–water partition coefficient (Wildman–Crippen LogP) is 2.56. The molecule has 136 valence electrons. The fraction of sp³-hybridized carbons (Fsp3) is 0.316. The van der Waals surface area contributed by atoms with Crippen LogP contribution in [0.15, 0.2) is 47.8 Å². The first-order valence-electron chi connectivity index (χ1n) is 8.56. The van der Waals surface area contributed by atoms with Gasteiger partial charge in [0, 0.05) is 24.4 Å². The number of hydrogen-bond donors (Lipinski definition) is 0. The number of benzene rings is 1. The van der Waals surface area contributed by atoms with Crippen molar-refractivity contribution in [2.45, 2.75) is 19.9 Å². The summed E-state index contributed by atoms with van der Waals surface area (Å²) in [7, 11) is 0. The zero-order valence-corrected chi connectivity index (χ0v) is 15.4. The lowest BCUT2D eigenvalue weighted by Gasteiger charge is -2.25. The minimum atomic E-state index is -0.743. The molecule has 0 radical (unpaired) electrons. The molecule has 0 bridgehead atoms. The molecule has 2 heterocycles. The van der Waals surface area contributed by atoms with Crippen LogP contribution in [0.4, 0.5) is 4.79 Å². The fourth-order valence-electron chi connectivity index (χ4n) is 2.85. The second-order valence-corrected chi connectivity index (χ2v) is 7.11. The van der Waals surface area contributed by atoms with Crippen molar-refractivity contribution in [3.05, 3.63) is 58.3 Å². The molecule has 1 aromatic heterocycles. The van der Waals surface area contributed by atoms with Crippen LogP contribution in [0.2, 0.25) is 0 Å². The molecule has 4 amide bonds. The zero-order chi connectivity index (χ0) is 18.5. The molecule has 0 unspecified atom stereocenters. The van der Waals surface area contributed by atoms with E-state index in [1.807, 2.05) is 59.7 Å². The van der Waals surface area contributed by atoms with E-state index in [0.717, 1.165) is 20.2 Å². The van der Waals surface area contributed by atoms with Crippen molar-refractivity contribution >= 4 is 29.2 Å². The van der Waals surface area contributed by atoms with Gasteiger partial charge in [-0.25, -0.2) is 9.69 Å². The van der Waals surface area contributed by atoms with E-state index in [2.05, 4.69) is 0 Å². The predicted molar refractivity (Wildman–Crippen MR) is 99.4 cm³/mol. The van der Waals surface area contributed by atoms with Gasteiger partial charge in [-0.15, -0.1) is 11.3 Å². The van der Waals surface area contributed by atoms with E-state index in [9.17, 15) is 14.4 Å². The maximum atomic E-state index is 12.6. The van der Waals surface area contributed by atoms with E-state index in [1.165, 1.54) is 0 Å². The second kappa shape index (κ2) is 8.25. The number of nitrogens with zero attached hydrogens (tertiary/aromatic N) is 3. The molecule has 0 spiro atoms. The maximum Gasteiger partial charge on any atom is 0.335 e. The summed E-state index contributed by atoms with van der Waals surface area (Å²) in [5, 5.41) is 1.95. The Labute approximate surface area is 156 Å². The molecular formula is C19H21N3O3S. The van der Waals surface area contributed by atoms with Gasteiger partial charge >= 0.3 is 17.8 Å². The monoisotopic (exact) mass is 371 g/mol. The number of urea groups is 1. The van der Waals surface area contributed by atoms with E-state index in [4.69, 9.17) is 0 Å². The average molecular weight is 371 g/mol. The lowest BCUT2D eigenvalue weighted by atomic mass is 10.2. The van der Waals surface area contributed by atoms with E-state index < -0.39 is 17.8 Å². The summed E-state index contributed by atoms with van der Waals surface area (Å²) in [4.78, 5) is 42.2. The minimum absolute atomic E-state index is 0.115. The van der Waals surface area contributed by atoms with Crippen molar-refractivity contribution in [2.75, 3.05) is 19.8 Å². The van der Waals surface area contributed by atoms with Crippen LogP contribution in [0.3, 0.4) is 0 Å². The number of imide groups is 2. The van der Waals surface area contributed by atoms with Gasteiger partial charge in [0.15, 0.2) is 0 Å². The van der Waals surface area contributed by atoms with Crippen molar-refractivity contribution in [1.29, 1.82) is 0 Å². The summed E-state index contributed by atoms with van der Waals surface area (Å²) in [5.41, 5.74) is 1.09. The zero-order valence-electron chi connectivity index (χ0n) is 14.6. The van der Waals surface area contributed by atoms with Crippen LogP contribution in [0.1, 0.15) is 17.4 Å². The quantitative estimate of drug-likeness (QED) is 0.529. The Morgan fingerprint density at radius 1 is 0.962 bits per heavy atom. The number of rotatable bonds is 8. The molecule has 6 nitrogen and oxygen atoms in total. The van der Waals surface area contributed by atoms with Gasteiger partial charge in [-0.3, -0.25) is 19.4 Å². The van der Waals surface area contributed by atoms with Crippen molar-refractivity contribution in [1.82, 2.24) is 14.7 Å². The standard InChI is InChI=1S/C19H21N3O3S/c1-2-20(13-15-7-4-3-5-8-15)14-22-18(24)17(23)21(19(22)25)11-10-16-9-6-12-26-16/h3-9,12H,2,10-11,13-14H2,1H3. The van der Waals surface area contributed by atoms with Gasteiger partial charge < -0.3 is 0 Å². The highest BCUT2D eigenvalue weighted by Crippen LogP contribution is 2.16. The van der Waals surface area contributed by atoms with Crippen molar-refractivity contribution < 1.29 is 14.4 Å². The average Bonchev–Trinajstić information content (AvgIpc) is 3.24. The van der Waals surface area contributed by atoms with Gasteiger partial charge in [-0.05, 0) is 23.6 Å². The first kappa shape index (κ1) is 18.3. The van der Waals surface area contributed by atoms with Crippen LogP contribution >= 0.6 is 11.3 Å². The van der Waals surface area contributed by atoms with Crippen LogP contribution in [0, 0.1) is 0 Å². The highest BCUT2D eigenvalue weighted by molar-refractivity contribution is 7.09. The van der Waals surface area contributed by atoms with E-state index in [0.29, 0.717) is 19.5 Å². The molecule has 0 saturated carbocycles. The molecule has 1 aromatic carbocycles. The summed E-state index contributed by atoms with van der Waals surface area (Å²) in [6.07, 6.45) is 0.567. The molecular weight excluding hydrogens is 350 g/mol. The van der Waals surface area contributed by atoms with Gasteiger partial charge in [0.25, 0.3) is 0 Å². The summed E-state index contributed by atoms with van der Waals surface area (Å²) in [5.74, 6) is -1.48. The molecule has 0 N–H and O–H groups in total. The van der Waals surface area contributed by atoms with Crippen LogP contribution < -0.4 is 0 Å². The van der Waals surface area contributed by atoms with Gasteiger partial charge in [0.1, 0.15) is 0 Å². The van der Waals surface area contributed by atoms with E-state index in [1.54, 1.807) is 11.3 Å². The minimum Gasteiger partial charge on any atom is -0.281 e. The topological polar surface area (TPSA) is 60.9 Å². The molecule has 26 heavy (non-hydrogen) atoms. The fourth-order valence-corrected chi connectivity index (χ4v) is 3.55. The Kier molecular flexibility index (Phi) is 5.80. The van der Waals surface area contributed by atoms with E-state index >= 15 is 0 Å². The third kappa shape index (κ3) is 4.00. The van der Waals surface area contributed by atoms with Crippen LogP contribution in [0.5, 0.6) is 0 Å².